The fourth-order valence-corrected chi connectivity index (χ4v) is 1.31. The summed E-state index contributed by atoms with van der Waals surface area (Å²) >= 11 is 0. The van der Waals surface area contributed by atoms with Crippen molar-refractivity contribution in [1.29, 1.82) is 0 Å². The van der Waals surface area contributed by atoms with E-state index in [2.05, 4.69) is 9.78 Å². The Morgan fingerprint density at radius 1 is 1.14 bits per heavy atom. The van der Waals surface area contributed by atoms with Gasteiger partial charge in [-0.05, 0) is 0 Å². The number of carbonyl (C=O) groups excluding carboxylic acids is 1. The first-order valence-electron chi connectivity index (χ1n) is 4.13. The molecule has 0 aliphatic carbocycles. The highest BCUT2D eigenvalue weighted by atomic mass is 17.4. The molecule has 0 bridgehead atoms. The molecule has 0 aromatic heterocycles. The summed E-state index contributed by atoms with van der Waals surface area (Å²) in [7, 11) is 0. The second-order valence-corrected chi connectivity index (χ2v) is 3.23. The van der Waals surface area contributed by atoms with Crippen LogP contribution in [0.3, 0.4) is 0 Å². The van der Waals surface area contributed by atoms with E-state index < -0.39 is 36.5 Å². The number of hydrogen-bond acceptors (Lipinski definition) is 7. The molecule has 2 aliphatic rings. The maximum Gasteiger partial charge on any atom is 0.284 e. The Labute approximate surface area is 78.7 Å². The zero-order valence-corrected chi connectivity index (χ0v) is 7.07. The maximum absolute atomic E-state index is 11.3. The minimum Gasteiger partial charge on any atom is -0.388 e. The van der Waals surface area contributed by atoms with Crippen molar-refractivity contribution in [1.82, 2.24) is 0 Å². The number of ether oxygens (including phenoxy) is 1. The molecule has 0 aromatic carbocycles. The third-order valence-corrected chi connectivity index (χ3v) is 2.21. The quantitative estimate of drug-likeness (QED) is 0.333. The van der Waals surface area contributed by atoms with Crippen molar-refractivity contribution >= 4 is 5.78 Å². The molecule has 2 rings (SSSR count). The highest BCUT2D eigenvalue weighted by Crippen LogP contribution is 2.22. The van der Waals surface area contributed by atoms with Crippen LogP contribution in [0.2, 0.25) is 0 Å². The van der Waals surface area contributed by atoms with Crippen LogP contribution in [-0.2, 0) is 19.3 Å². The monoisotopic (exact) mass is 206 g/mol. The van der Waals surface area contributed by atoms with Gasteiger partial charge in [0, 0.05) is 0 Å². The van der Waals surface area contributed by atoms with Gasteiger partial charge in [-0.25, -0.2) is 0 Å². The second kappa shape index (κ2) is 3.54. The number of hydrogen-bond donors (Lipinski definition) is 3. The van der Waals surface area contributed by atoms with Gasteiger partial charge in [0.25, 0.3) is 6.29 Å². The van der Waals surface area contributed by atoms with E-state index in [-0.39, 0.29) is 6.61 Å². The number of Topliss-reactive ketones (excluding diaryl/α,β-unsaturated/α-hetero) is 1. The Balaban J connectivity index is 2.01. The van der Waals surface area contributed by atoms with Crippen molar-refractivity contribution in [2.75, 3.05) is 6.61 Å². The summed E-state index contributed by atoms with van der Waals surface area (Å²) in [5, 5.41) is 27.7. The van der Waals surface area contributed by atoms with E-state index in [1.807, 2.05) is 0 Å². The van der Waals surface area contributed by atoms with Crippen LogP contribution in [0, 0.1) is 0 Å². The molecule has 0 unspecified atom stereocenters. The molecule has 2 fully saturated rings. The topological polar surface area (TPSA) is 112 Å². The number of ketones is 1. The molecule has 14 heavy (non-hydrogen) atoms. The van der Waals surface area contributed by atoms with Crippen LogP contribution in [0.5, 0.6) is 0 Å². The summed E-state index contributed by atoms with van der Waals surface area (Å²) in [5.41, 5.74) is 0. The second-order valence-electron chi connectivity index (χ2n) is 3.23. The van der Waals surface area contributed by atoms with Crippen LogP contribution in [0.1, 0.15) is 0 Å². The molecule has 7 nitrogen and oxygen atoms in total. The van der Waals surface area contributed by atoms with E-state index in [1.54, 1.807) is 0 Å². The minimum absolute atomic E-state index is 0.207. The largest absolute Gasteiger partial charge is 0.388 e. The summed E-state index contributed by atoms with van der Waals surface area (Å²) < 4.78 is 4.87. The van der Waals surface area contributed by atoms with Crippen LogP contribution >= 0.6 is 0 Å². The van der Waals surface area contributed by atoms with Gasteiger partial charge in [-0.3, -0.25) is 4.79 Å². The van der Waals surface area contributed by atoms with Gasteiger partial charge in [-0.2, -0.15) is 9.78 Å². The Kier molecular flexibility index (Phi) is 2.52. The van der Waals surface area contributed by atoms with Gasteiger partial charge in [0.15, 0.2) is 0 Å². The standard InChI is InChI=1S/C7H10O7/c8-2-1-12-6(4(10)3(2)9)5(11)7-13-14-7/h2-4,6-10H,1H2/t2-,3-,4-,6+/m1/s1. The molecule has 0 radical (unpaired) electrons. The molecular weight excluding hydrogens is 196 g/mol. The maximum atomic E-state index is 11.3. The predicted molar refractivity (Wildman–Crippen MR) is 38.7 cm³/mol. The van der Waals surface area contributed by atoms with Crippen LogP contribution < -0.4 is 0 Å². The fourth-order valence-electron chi connectivity index (χ4n) is 1.31. The fraction of sp³-hybridized carbons (Fsp3) is 0.857. The van der Waals surface area contributed by atoms with Gasteiger partial charge >= 0.3 is 0 Å². The first-order valence-corrected chi connectivity index (χ1v) is 4.13. The molecule has 7 heteroatoms. The zero-order chi connectivity index (χ0) is 10.3. The van der Waals surface area contributed by atoms with Gasteiger partial charge in [0.05, 0.1) is 6.61 Å². The van der Waals surface area contributed by atoms with Crippen molar-refractivity contribution < 1.29 is 34.6 Å². The predicted octanol–water partition coefficient (Wildman–Crippen LogP) is -2.68. The van der Waals surface area contributed by atoms with Gasteiger partial charge < -0.3 is 20.1 Å². The summed E-state index contributed by atoms with van der Waals surface area (Å²) in [6.45, 7) is -0.207. The molecule has 0 aromatic rings. The van der Waals surface area contributed by atoms with E-state index in [9.17, 15) is 15.0 Å². The molecule has 0 saturated carbocycles. The van der Waals surface area contributed by atoms with E-state index in [1.165, 1.54) is 0 Å². The highest BCUT2D eigenvalue weighted by Gasteiger charge is 2.48. The lowest BCUT2D eigenvalue weighted by molar-refractivity contribution is -0.191. The van der Waals surface area contributed by atoms with Crippen molar-refractivity contribution in [3.8, 4) is 0 Å². The lowest BCUT2D eigenvalue weighted by Crippen LogP contribution is -2.56. The molecule has 3 N–H and O–H groups in total. The summed E-state index contributed by atoms with van der Waals surface area (Å²) in [6, 6.07) is 0. The van der Waals surface area contributed by atoms with E-state index >= 15 is 0 Å². The zero-order valence-electron chi connectivity index (χ0n) is 7.07. The van der Waals surface area contributed by atoms with E-state index in [0.29, 0.717) is 0 Å². The third-order valence-electron chi connectivity index (χ3n) is 2.21. The van der Waals surface area contributed by atoms with Gasteiger partial charge in [-0.1, -0.05) is 0 Å². The first-order chi connectivity index (χ1) is 6.61. The SMILES string of the molecule is O=C(C1OO1)[C@H]1OC[C@@H](O)[C@@H](O)[C@H]1O. The van der Waals surface area contributed by atoms with Crippen LogP contribution in [0.4, 0.5) is 0 Å². The number of aliphatic hydroxyl groups is 3. The number of carbonyl (C=O) groups is 1. The molecule has 0 spiro atoms. The van der Waals surface area contributed by atoms with Crippen molar-refractivity contribution in [2.24, 2.45) is 0 Å². The molecule has 2 saturated heterocycles. The molecular formula is C7H10O7. The summed E-state index contributed by atoms with van der Waals surface area (Å²) in [6.07, 6.45) is -6.26. The lowest BCUT2D eigenvalue weighted by atomic mass is 9.97. The third kappa shape index (κ3) is 1.65. The van der Waals surface area contributed by atoms with Crippen LogP contribution in [0.15, 0.2) is 0 Å². The van der Waals surface area contributed by atoms with Crippen molar-refractivity contribution in [3.63, 3.8) is 0 Å². The Morgan fingerprint density at radius 3 is 2.36 bits per heavy atom. The number of aliphatic hydroxyl groups excluding tert-OH is 3. The van der Waals surface area contributed by atoms with E-state index in [4.69, 9.17) is 9.84 Å². The first kappa shape index (κ1) is 9.97. The van der Waals surface area contributed by atoms with E-state index in [0.717, 1.165) is 0 Å². The average Bonchev–Trinajstić information content (AvgIpc) is 2.97. The number of rotatable bonds is 2. The summed E-state index contributed by atoms with van der Waals surface area (Å²) in [4.78, 5) is 19.8. The van der Waals surface area contributed by atoms with Crippen molar-refractivity contribution in [2.45, 2.75) is 30.7 Å². The van der Waals surface area contributed by atoms with Crippen LogP contribution in [-0.4, -0.2) is 58.4 Å². The van der Waals surface area contributed by atoms with Gasteiger partial charge in [-0.15, -0.1) is 0 Å². The summed E-state index contributed by atoms with van der Waals surface area (Å²) in [5.74, 6) is -0.594. The molecule has 80 valence electrons. The minimum atomic E-state index is -1.46. The molecule has 0 amide bonds. The Bertz CT molecular complexity index is 238. The molecule has 4 atom stereocenters. The smallest absolute Gasteiger partial charge is 0.284 e. The Hall–Kier alpha value is -0.570. The highest BCUT2D eigenvalue weighted by molar-refractivity contribution is 5.87. The van der Waals surface area contributed by atoms with Crippen LogP contribution in [0.25, 0.3) is 0 Å². The Morgan fingerprint density at radius 2 is 1.79 bits per heavy atom. The lowest BCUT2D eigenvalue weighted by Gasteiger charge is -2.33. The normalized spacial score (nSPS) is 43.6. The molecule has 2 aliphatic heterocycles. The van der Waals surface area contributed by atoms with Crippen molar-refractivity contribution in [3.05, 3.63) is 0 Å². The van der Waals surface area contributed by atoms with Gasteiger partial charge in [0.2, 0.25) is 5.78 Å². The molecule has 2 heterocycles. The van der Waals surface area contributed by atoms with Gasteiger partial charge in [0.1, 0.15) is 24.4 Å². The average molecular weight is 206 g/mol.